The molecule has 7 heteroatoms. The first kappa shape index (κ1) is 13.0. The summed E-state index contributed by atoms with van der Waals surface area (Å²) in [5, 5.41) is 0. The van der Waals surface area contributed by atoms with E-state index in [9.17, 15) is 14.4 Å². The minimum Gasteiger partial charge on any atom is -0.296 e. The van der Waals surface area contributed by atoms with E-state index in [4.69, 9.17) is 0 Å². The minimum atomic E-state index is -0.361. The van der Waals surface area contributed by atoms with E-state index in [0.717, 1.165) is 23.3 Å². The van der Waals surface area contributed by atoms with Crippen molar-refractivity contribution in [1.29, 1.82) is 0 Å². The number of pyridine rings is 1. The number of aldehydes is 1. The van der Waals surface area contributed by atoms with Gasteiger partial charge in [0.1, 0.15) is 23.7 Å². The summed E-state index contributed by atoms with van der Waals surface area (Å²) in [6, 6.07) is 3.51. The predicted molar refractivity (Wildman–Crippen MR) is 78.1 cm³/mol. The largest absolute Gasteiger partial charge is 0.332 e. The van der Waals surface area contributed by atoms with Crippen LogP contribution in [0.25, 0.3) is 5.65 Å². The molecule has 2 aliphatic rings. The zero-order chi connectivity index (χ0) is 15.4. The molecule has 1 aliphatic carbocycles. The number of hydrogen-bond acceptors (Lipinski definition) is 4. The van der Waals surface area contributed by atoms with Crippen molar-refractivity contribution in [2.24, 2.45) is 0 Å². The van der Waals surface area contributed by atoms with Crippen LogP contribution in [0.3, 0.4) is 0 Å². The van der Waals surface area contributed by atoms with Crippen LogP contribution in [0, 0.1) is 0 Å². The van der Waals surface area contributed by atoms with Gasteiger partial charge in [0.15, 0.2) is 6.29 Å². The van der Waals surface area contributed by atoms with Gasteiger partial charge in [-0.15, -0.1) is 0 Å². The molecule has 4 rings (SSSR count). The van der Waals surface area contributed by atoms with E-state index in [0.29, 0.717) is 29.4 Å². The van der Waals surface area contributed by atoms with Gasteiger partial charge in [-0.3, -0.25) is 23.8 Å². The Morgan fingerprint density at radius 1 is 1.27 bits per heavy atom. The van der Waals surface area contributed by atoms with Gasteiger partial charge in [-0.1, -0.05) is 0 Å². The van der Waals surface area contributed by atoms with Gasteiger partial charge in [-0.05, 0) is 36.5 Å². The maximum Gasteiger partial charge on any atom is 0.332 e. The number of likely N-dealkylation sites (N-methyl/N-ethyl adjacent to an activating group) is 1. The number of nitrogens with zero attached hydrogens (tertiary/aromatic N) is 4. The number of carbonyl (C=O) groups is 3. The van der Waals surface area contributed by atoms with Gasteiger partial charge in [0.2, 0.25) is 0 Å². The van der Waals surface area contributed by atoms with Crippen molar-refractivity contribution in [2.75, 3.05) is 18.5 Å². The number of fused-ring (bicyclic) bond motifs is 1. The van der Waals surface area contributed by atoms with E-state index < -0.39 is 0 Å². The highest BCUT2D eigenvalue weighted by Gasteiger charge is 2.36. The van der Waals surface area contributed by atoms with Crippen LogP contribution in [0.5, 0.6) is 0 Å². The molecule has 1 saturated carbocycles. The molecule has 1 aliphatic heterocycles. The average Bonchev–Trinajstić information content (AvgIpc) is 3.23. The van der Waals surface area contributed by atoms with Crippen LogP contribution in [-0.2, 0) is 4.79 Å². The van der Waals surface area contributed by atoms with Crippen LogP contribution in [0.15, 0.2) is 18.3 Å². The molecule has 0 radical (unpaired) electrons. The quantitative estimate of drug-likeness (QED) is 0.634. The summed E-state index contributed by atoms with van der Waals surface area (Å²) in [5.41, 5.74) is 2.03. The number of imide groups is 1. The van der Waals surface area contributed by atoms with E-state index in [-0.39, 0.29) is 18.5 Å². The van der Waals surface area contributed by atoms with Crippen molar-refractivity contribution in [3.05, 3.63) is 29.6 Å². The third-order valence-corrected chi connectivity index (χ3v) is 4.22. The topological polar surface area (TPSA) is 75.0 Å². The smallest absolute Gasteiger partial charge is 0.296 e. The molecule has 7 nitrogen and oxygen atoms in total. The lowest BCUT2D eigenvalue weighted by Crippen LogP contribution is -2.31. The number of aromatic nitrogens is 2. The number of rotatable bonds is 3. The predicted octanol–water partition coefficient (Wildman–Crippen LogP) is 1.42. The van der Waals surface area contributed by atoms with Crippen molar-refractivity contribution < 1.29 is 14.4 Å². The molecule has 0 aromatic carbocycles. The van der Waals surface area contributed by atoms with Crippen molar-refractivity contribution in [3.8, 4) is 0 Å². The van der Waals surface area contributed by atoms with Crippen molar-refractivity contribution in [2.45, 2.75) is 18.8 Å². The fraction of sp³-hybridized carbons (Fsp3) is 0.333. The highest BCUT2D eigenvalue weighted by molar-refractivity contribution is 6.11. The second-order valence-electron chi connectivity index (χ2n) is 5.75. The normalized spacial score (nSPS) is 18.6. The molecule has 3 amide bonds. The Bertz CT molecular complexity index is 822. The minimum absolute atomic E-state index is 0.00710. The van der Waals surface area contributed by atoms with E-state index in [1.807, 2.05) is 12.1 Å². The number of carbonyl (C=O) groups excluding carboxylic acids is 3. The number of imidazole rings is 1. The highest BCUT2D eigenvalue weighted by Crippen LogP contribution is 2.42. The van der Waals surface area contributed by atoms with Crippen LogP contribution in [0.4, 0.5) is 10.6 Å². The van der Waals surface area contributed by atoms with Crippen LogP contribution in [0.2, 0.25) is 0 Å². The standard InChI is InChI=1S/C15H14N4O3/c1-17-14(21)7-19(15(17)22)13-5-10(9-2-3-9)4-12-16-11(8-20)6-18(12)13/h4-6,8-9H,2-3,7H2,1H3. The summed E-state index contributed by atoms with van der Waals surface area (Å²) in [6.07, 6.45) is 4.49. The molecular weight excluding hydrogens is 284 g/mol. The molecule has 112 valence electrons. The third-order valence-electron chi connectivity index (χ3n) is 4.22. The molecule has 1 saturated heterocycles. The van der Waals surface area contributed by atoms with E-state index in [2.05, 4.69) is 4.98 Å². The lowest BCUT2D eigenvalue weighted by Gasteiger charge is -2.17. The molecule has 2 fully saturated rings. The molecular formula is C15H14N4O3. The van der Waals surface area contributed by atoms with Crippen LogP contribution in [-0.4, -0.2) is 46.1 Å². The van der Waals surface area contributed by atoms with Crippen LogP contribution in [0.1, 0.15) is 34.8 Å². The lowest BCUT2D eigenvalue weighted by atomic mass is 10.1. The third kappa shape index (κ3) is 1.82. The molecule has 0 bridgehead atoms. The molecule has 2 aromatic rings. The number of amides is 3. The lowest BCUT2D eigenvalue weighted by molar-refractivity contribution is -0.123. The molecule has 0 unspecified atom stereocenters. The molecule has 0 atom stereocenters. The molecule has 2 aromatic heterocycles. The Balaban J connectivity index is 1.91. The maximum atomic E-state index is 12.3. The van der Waals surface area contributed by atoms with Gasteiger partial charge in [0.05, 0.1) is 0 Å². The monoisotopic (exact) mass is 298 g/mol. The fourth-order valence-corrected chi connectivity index (χ4v) is 2.80. The Kier molecular flexibility index (Phi) is 2.60. The summed E-state index contributed by atoms with van der Waals surface area (Å²) >= 11 is 0. The summed E-state index contributed by atoms with van der Waals surface area (Å²) < 4.78 is 1.69. The highest BCUT2D eigenvalue weighted by atomic mass is 16.2. The fourth-order valence-electron chi connectivity index (χ4n) is 2.80. The summed E-state index contributed by atoms with van der Waals surface area (Å²) in [6.45, 7) is 0.00710. The van der Waals surface area contributed by atoms with Gasteiger partial charge in [0.25, 0.3) is 5.91 Å². The Labute approximate surface area is 126 Å². The Morgan fingerprint density at radius 2 is 2.05 bits per heavy atom. The van der Waals surface area contributed by atoms with Gasteiger partial charge in [-0.25, -0.2) is 9.78 Å². The number of hydrogen-bond donors (Lipinski definition) is 0. The second-order valence-corrected chi connectivity index (χ2v) is 5.75. The van der Waals surface area contributed by atoms with Gasteiger partial charge >= 0.3 is 6.03 Å². The Hall–Kier alpha value is -2.70. The zero-order valence-corrected chi connectivity index (χ0v) is 12.0. The molecule has 0 N–H and O–H groups in total. The van der Waals surface area contributed by atoms with Crippen LogP contribution < -0.4 is 4.90 Å². The molecule has 3 heterocycles. The van der Waals surface area contributed by atoms with E-state index in [1.54, 1.807) is 10.6 Å². The van der Waals surface area contributed by atoms with Gasteiger partial charge in [-0.2, -0.15) is 0 Å². The average molecular weight is 298 g/mol. The number of urea groups is 1. The summed E-state index contributed by atoms with van der Waals surface area (Å²) in [5.74, 6) is 0.819. The molecule has 22 heavy (non-hydrogen) atoms. The van der Waals surface area contributed by atoms with E-state index >= 15 is 0 Å². The van der Waals surface area contributed by atoms with E-state index in [1.165, 1.54) is 11.9 Å². The van der Waals surface area contributed by atoms with Crippen molar-refractivity contribution in [1.82, 2.24) is 14.3 Å². The summed E-state index contributed by atoms with van der Waals surface area (Å²) in [4.78, 5) is 41.8. The number of anilines is 1. The first-order valence-electron chi connectivity index (χ1n) is 7.15. The first-order chi connectivity index (χ1) is 10.6. The zero-order valence-electron chi connectivity index (χ0n) is 12.0. The maximum absolute atomic E-state index is 12.3. The first-order valence-corrected chi connectivity index (χ1v) is 7.15. The second kappa shape index (κ2) is 4.40. The summed E-state index contributed by atoms with van der Waals surface area (Å²) in [7, 11) is 1.47. The van der Waals surface area contributed by atoms with Gasteiger partial charge < -0.3 is 0 Å². The van der Waals surface area contributed by atoms with Gasteiger partial charge in [0, 0.05) is 13.2 Å². The van der Waals surface area contributed by atoms with Crippen molar-refractivity contribution in [3.63, 3.8) is 0 Å². The van der Waals surface area contributed by atoms with Crippen molar-refractivity contribution >= 4 is 29.7 Å². The SMILES string of the molecule is CN1C(=O)CN(c2cc(C3CC3)cc3nc(C=O)cn23)C1=O. The molecule has 0 spiro atoms. The van der Waals surface area contributed by atoms with Crippen LogP contribution >= 0.6 is 0 Å². The Morgan fingerprint density at radius 3 is 2.64 bits per heavy atom.